The summed E-state index contributed by atoms with van der Waals surface area (Å²) in [4.78, 5) is 34.2. The molecule has 0 heterocycles. The smallest absolute Gasteiger partial charge is 0.279 e. The summed E-state index contributed by atoms with van der Waals surface area (Å²) in [7, 11) is 0. The first-order valence-electron chi connectivity index (χ1n) is 7.60. The Hall–Kier alpha value is -4.08. The number of benzene rings is 2. The first-order chi connectivity index (χ1) is 12.9. The molecule has 0 spiro atoms. The van der Waals surface area contributed by atoms with Gasteiger partial charge in [0.05, 0.1) is 10.6 Å². The average Bonchev–Trinajstić information content (AvgIpc) is 2.67. The van der Waals surface area contributed by atoms with Crippen LogP contribution in [0.4, 0.5) is 11.4 Å². The largest absolute Gasteiger partial charge is 0.410 e. The number of nitrogens with one attached hydrogen (secondary N) is 2. The van der Waals surface area contributed by atoms with Crippen molar-refractivity contribution in [3.05, 3.63) is 70.3 Å². The normalized spacial score (nSPS) is 11.6. The predicted molar refractivity (Wildman–Crippen MR) is 98.0 cm³/mol. The summed E-state index contributed by atoms with van der Waals surface area (Å²) in [6, 6.07) is 13.4. The molecule has 3 N–H and O–H groups in total. The van der Waals surface area contributed by atoms with Gasteiger partial charge in [0, 0.05) is 23.4 Å². The van der Waals surface area contributed by atoms with Crippen LogP contribution in [0.25, 0.3) is 0 Å². The predicted octanol–water partition coefficient (Wildman–Crippen LogP) is 2.17. The summed E-state index contributed by atoms with van der Waals surface area (Å²) in [6.45, 7) is 1.37. The molecule has 0 fully saturated rings. The molecular formula is C17H15N5O5. The molecule has 0 radical (unpaired) electrons. The van der Waals surface area contributed by atoms with Crippen molar-refractivity contribution in [3.63, 3.8) is 0 Å². The fourth-order valence-corrected chi connectivity index (χ4v) is 1.98. The Kier molecular flexibility index (Phi) is 6.31. The molecule has 138 valence electrons. The SMILES string of the molecule is CC(=N\NC(=O)c1ccc([N+](=O)[O-])cc1)/C(=N\O)C(=O)Nc1ccccc1. The van der Waals surface area contributed by atoms with Crippen molar-refractivity contribution in [2.75, 3.05) is 5.32 Å². The summed E-state index contributed by atoms with van der Waals surface area (Å²) in [5, 5.41) is 28.8. The first kappa shape index (κ1) is 19.2. The fraction of sp³-hybridized carbons (Fsp3) is 0.0588. The zero-order valence-corrected chi connectivity index (χ0v) is 14.1. The van der Waals surface area contributed by atoms with Crippen molar-refractivity contribution < 1.29 is 19.7 Å². The number of carbonyl (C=O) groups is 2. The van der Waals surface area contributed by atoms with E-state index in [1.165, 1.54) is 31.2 Å². The van der Waals surface area contributed by atoms with E-state index >= 15 is 0 Å². The molecule has 0 aliphatic rings. The molecule has 2 amide bonds. The number of para-hydroxylation sites is 1. The van der Waals surface area contributed by atoms with Gasteiger partial charge >= 0.3 is 0 Å². The minimum absolute atomic E-state index is 0.0406. The van der Waals surface area contributed by atoms with Crippen molar-refractivity contribution >= 4 is 34.6 Å². The fourth-order valence-electron chi connectivity index (χ4n) is 1.98. The number of non-ortho nitro benzene ring substituents is 1. The number of amides is 2. The maximum atomic E-state index is 12.1. The van der Waals surface area contributed by atoms with Gasteiger partial charge in [-0.05, 0) is 31.2 Å². The van der Waals surface area contributed by atoms with Gasteiger partial charge in [0.25, 0.3) is 17.5 Å². The Morgan fingerprint density at radius 1 is 1.07 bits per heavy atom. The van der Waals surface area contributed by atoms with E-state index in [1.54, 1.807) is 30.3 Å². The highest BCUT2D eigenvalue weighted by molar-refractivity contribution is 6.68. The van der Waals surface area contributed by atoms with Crippen molar-refractivity contribution in [1.82, 2.24) is 5.43 Å². The van der Waals surface area contributed by atoms with E-state index < -0.39 is 16.7 Å². The molecule has 0 bridgehead atoms. The van der Waals surface area contributed by atoms with E-state index in [0.717, 1.165) is 0 Å². The van der Waals surface area contributed by atoms with Crippen molar-refractivity contribution in [2.24, 2.45) is 10.3 Å². The molecule has 0 unspecified atom stereocenters. The zero-order chi connectivity index (χ0) is 19.8. The molecule has 2 aromatic rings. The third kappa shape index (κ3) is 5.19. The van der Waals surface area contributed by atoms with Gasteiger partial charge in [0.1, 0.15) is 0 Å². The molecule has 0 aromatic heterocycles. The number of hydrogen-bond acceptors (Lipinski definition) is 7. The number of nitro groups is 1. The standard InChI is InChI=1S/C17H15N5O5/c1-11(15(21-25)17(24)18-13-5-3-2-4-6-13)19-20-16(23)12-7-9-14(10-8-12)22(26)27/h2-10,25H,1H3,(H,18,24)(H,20,23)/b19-11+,21-15+. The molecule has 10 nitrogen and oxygen atoms in total. The summed E-state index contributed by atoms with van der Waals surface area (Å²) in [5.41, 5.74) is 2.23. The van der Waals surface area contributed by atoms with Crippen LogP contribution in [0.5, 0.6) is 0 Å². The Morgan fingerprint density at radius 3 is 2.26 bits per heavy atom. The maximum absolute atomic E-state index is 12.1. The highest BCUT2D eigenvalue weighted by Crippen LogP contribution is 2.11. The molecule has 0 aliphatic carbocycles. The number of nitrogens with zero attached hydrogens (tertiary/aromatic N) is 3. The van der Waals surface area contributed by atoms with Gasteiger partial charge in [-0.25, -0.2) is 5.43 Å². The van der Waals surface area contributed by atoms with Crippen LogP contribution in [-0.2, 0) is 4.79 Å². The van der Waals surface area contributed by atoms with E-state index in [4.69, 9.17) is 5.21 Å². The van der Waals surface area contributed by atoms with Crippen LogP contribution in [-0.4, -0.2) is 33.4 Å². The molecule has 0 aliphatic heterocycles. The lowest BCUT2D eigenvalue weighted by Gasteiger charge is -2.07. The van der Waals surface area contributed by atoms with Crippen molar-refractivity contribution in [3.8, 4) is 0 Å². The van der Waals surface area contributed by atoms with Crippen LogP contribution >= 0.6 is 0 Å². The van der Waals surface area contributed by atoms with Gasteiger partial charge in [-0.2, -0.15) is 5.10 Å². The molecule has 2 aromatic carbocycles. The summed E-state index contributed by atoms with van der Waals surface area (Å²) >= 11 is 0. The molecule has 10 heteroatoms. The second-order valence-electron chi connectivity index (χ2n) is 5.21. The van der Waals surface area contributed by atoms with Crippen molar-refractivity contribution in [2.45, 2.75) is 6.92 Å². The number of hydrazone groups is 1. The van der Waals surface area contributed by atoms with E-state index in [2.05, 4.69) is 21.0 Å². The highest BCUT2D eigenvalue weighted by atomic mass is 16.6. The summed E-state index contributed by atoms with van der Waals surface area (Å²) < 4.78 is 0. The number of carbonyl (C=O) groups excluding carboxylic acids is 2. The first-order valence-corrected chi connectivity index (χ1v) is 7.60. The minimum Gasteiger partial charge on any atom is -0.410 e. The molecule has 2 rings (SSSR count). The molecular weight excluding hydrogens is 354 g/mol. The van der Waals surface area contributed by atoms with Crippen LogP contribution in [0.1, 0.15) is 17.3 Å². The Bertz CT molecular complexity index is 907. The third-order valence-electron chi connectivity index (χ3n) is 3.35. The number of oxime groups is 1. The van der Waals surface area contributed by atoms with Gasteiger partial charge in [-0.3, -0.25) is 19.7 Å². The van der Waals surface area contributed by atoms with Gasteiger partial charge in [0.2, 0.25) is 0 Å². The van der Waals surface area contributed by atoms with Gasteiger partial charge in [-0.15, -0.1) is 0 Å². The highest BCUT2D eigenvalue weighted by Gasteiger charge is 2.17. The molecule has 0 saturated heterocycles. The Balaban J connectivity index is 2.04. The Morgan fingerprint density at radius 2 is 1.70 bits per heavy atom. The summed E-state index contributed by atoms with van der Waals surface area (Å²) in [6.07, 6.45) is 0. The zero-order valence-electron chi connectivity index (χ0n) is 14.1. The van der Waals surface area contributed by atoms with Crippen LogP contribution in [0.2, 0.25) is 0 Å². The van der Waals surface area contributed by atoms with Gasteiger partial charge in [0.15, 0.2) is 5.71 Å². The van der Waals surface area contributed by atoms with Crippen LogP contribution in [0.15, 0.2) is 64.9 Å². The van der Waals surface area contributed by atoms with Gasteiger partial charge < -0.3 is 10.5 Å². The number of anilines is 1. The summed E-state index contributed by atoms with van der Waals surface area (Å²) in [5.74, 6) is -1.36. The molecule has 27 heavy (non-hydrogen) atoms. The van der Waals surface area contributed by atoms with E-state index in [9.17, 15) is 19.7 Å². The van der Waals surface area contributed by atoms with Crippen LogP contribution in [0, 0.1) is 10.1 Å². The second kappa shape index (κ2) is 8.85. The lowest BCUT2D eigenvalue weighted by atomic mass is 10.2. The van der Waals surface area contributed by atoms with E-state index in [0.29, 0.717) is 5.69 Å². The monoisotopic (exact) mass is 369 g/mol. The van der Waals surface area contributed by atoms with Crippen molar-refractivity contribution in [1.29, 1.82) is 0 Å². The Labute approximate surface area is 153 Å². The maximum Gasteiger partial charge on any atom is 0.279 e. The molecule has 0 atom stereocenters. The minimum atomic E-state index is -0.713. The average molecular weight is 369 g/mol. The van der Waals surface area contributed by atoms with Crippen LogP contribution in [0.3, 0.4) is 0 Å². The second-order valence-corrected chi connectivity index (χ2v) is 5.21. The lowest BCUT2D eigenvalue weighted by Crippen LogP contribution is -2.31. The number of hydrogen-bond donors (Lipinski definition) is 3. The number of rotatable bonds is 6. The van der Waals surface area contributed by atoms with Gasteiger partial charge in [-0.1, -0.05) is 23.4 Å². The molecule has 0 saturated carbocycles. The number of nitro benzene ring substituents is 1. The van der Waals surface area contributed by atoms with E-state index in [-0.39, 0.29) is 22.7 Å². The lowest BCUT2D eigenvalue weighted by molar-refractivity contribution is -0.384. The topological polar surface area (TPSA) is 146 Å². The van der Waals surface area contributed by atoms with Crippen LogP contribution < -0.4 is 10.7 Å². The van der Waals surface area contributed by atoms with E-state index in [1.807, 2.05) is 0 Å². The third-order valence-corrected chi connectivity index (χ3v) is 3.35. The quantitative estimate of drug-likeness (QED) is 0.309.